The average Bonchev–Trinajstić information content (AvgIpc) is 3.04. The number of carbonyl (C=O) groups is 1. The Labute approximate surface area is 163 Å². The molecule has 1 atom stereocenters. The topological polar surface area (TPSA) is 58.4 Å². The molecule has 0 saturated heterocycles. The van der Waals surface area contributed by atoms with Crippen LogP contribution in [0.1, 0.15) is 27.7 Å². The van der Waals surface area contributed by atoms with E-state index in [1.807, 2.05) is 50.5 Å². The van der Waals surface area contributed by atoms with Gasteiger partial charge < -0.3 is 14.7 Å². The average molecular weight is 384 g/mol. The van der Waals surface area contributed by atoms with Crippen LogP contribution < -0.4 is 5.32 Å². The summed E-state index contributed by atoms with van der Waals surface area (Å²) in [7, 11) is 3.98. The van der Waals surface area contributed by atoms with E-state index in [2.05, 4.69) is 27.5 Å². The van der Waals surface area contributed by atoms with Gasteiger partial charge in [0, 0.05) is 12.1 Å². The van der Waals surface area contributed by atoms with Crippen molar-refractivity contribution in [2.24, 2.45) is 0 Å². The highest BCUT2D eigenvalue weighted by Crippen LogP contribution is 2.31. The first-order valence-corrected chi connectivity index (χ1v) is 9.07. The van der Waals surface area contributed by atoms with E-state index in [1.165, 1.54) is 0 Å². The molecule has 0 fully saturated rings. The maximum atomic E-state index is 12.9. The quantitative estimate of drug-likeness (QED) is 0.688. The molecule has 2 aromatic carbocycles. The Hall–Kier alpha value is -2.63. The molecule has 1 aromatic heterocycles. The number of hydrogen-bond donors (Lipinski definition) is 1. The van der Waals surface area contributed by atoms with Crippen molar-refractivity contribution >= 4 is 17.5 Å². The van der Waals surface area contributed by atoms with Gasteiger partial charge in [-0.05, 0) is 32.6 Å². The molecule has 0 aliphatic rings. The summed E-state index contributed by atoms with van der Waals surface area (Å²) in [6, 6.07) is 17.4. The van der Waals surface area contributed by atoms with E-state index in [0.717, 1.165) is 5.56 Å². The number of nitrogens with one attached hydrogen (secondary N) is 1. The highest BCUT2D eigenvalue weighted by molar-refractivity contribution is 6.33. The zero-order valence-corrected chi connectivity index (χ0v) is 16.3. The number of aryl methyl sites for hydroxylation is 1. The van der Waals surface area contributed by atoms with Gasteiger partial charge in [-0.1, -0.05) is 65.3 Å². The molecule has 1 unspecified atom stereocenters. The summed E-state index contributed by atoms with van der Waals surface area (Å²) in [5.74, 6) is 0.231. The van der Waals surface area contributed by atoms with Crippen molar-refractivity contribution < 1.29 is 9.32 Å². The van der Waals surface area contributed by atoms with E-state index in [-0.39, 0.29) is 11.9 Å². The van der Waals surface area contributed by atoms with Gasteiger partial charge in [0.1, 0.15) is 17.0 Å². The summed E-state index contributed by atoms with van der Waals surface area (Å²) in [5.41, 5.74) is 2.68. The molecular formula is C21H22ClN3O2. The molecule has 27 heavy (non-hydrogen) atoms. The zero-order valence-electron chi connectivity index (χ0n) is 15.6. The van der Waals surface area contributed by atoms with Crippen molar-refractivity contribution in [2.45, 2.75) is 13.0 Å². The van der Waals surface area contributed by atoms with Crippen molar-refractivity contribution in [2.75, 3.05) is 20.6 Å². The number of carbonyl (C=O) groups excluding carboxylic acids is 1. The fraction of sp³-hybridized carbons (Fsp3) is 0.238. The Balaban J connectivity index is 1.83. The summed E-state index contributed by atoms with van der Waals surface area (Å²) >= 11 is 6.27. The molecule has 0 aliphatic heterocycles. The lowest BCUT2D eigenvalue weighted by Crippen LogP contribution is -2.34. The van der Waals surface area contributed by atoms with Gasteiger partial charge in [-0.2, -0.15) is 0 Å². The van der Waals surface area contributed by atoms with E-state index in [0.29, 0.717) is 34.1 Å². The molecule has 0 spiro atoms. The normalized spacial score (nSPS) is 12.2. The summed E-state index contributed by atoms with van der Waals surface area (Å²) in [6.45, 7) is 2.19. The Morgan fingerprint density at radius 1 is 1.15 bits per heavy atom. The third kappa shape index (κ3) is 4.21. The second-order valence-electron chi connectivity index (χ2n) is 6.54. The van der Waals surface area contributed by atoms with Crippen LogP contribution in [0.3, 0.4) is 0 Å². The monoisotopic (exact) mass is 383 g/mol. The lowest BCUT2D eigenvalue weighted by Gasteiger charge is -2.25. The molecule has 5 nitrogen and oxygen atoms in total. The molecule has 3 aromatic rings. The fourth-order valence-corrected chi connectivity index (χ4v) is 3.25. The molecular weight excluding hydrogens is 362 g/mol. The maximum Gasteiger partial charge on any atom is 0.257 e. The minimum Gasteiger partial charge on any atom is -0.360 e. The molecule has 3 rings (SSSR count). The van der Waals surface area contributed by atoms with Gasteiger partial charge in [0.2, 0.25) is 0 Å². The summed E-state index contributed by atoms with van der Waals surface area (Å²) in [4.78, 5) is 15.0. The van der Waals surface area contributed by atoms with Crippen LogP contribution in [0.2, 0.25) is 5.02 Å². The predicted octanol–water partition coefficient (Wildman–Crippen LogP) is 4.34. The minimum absolute atomic E-state index is 0.0547. The van der Waals surface area contributed by atoms with Crippen LogP contribution in [0, 0.1) is 6.92 Å². The van der Waals surface area contributed by atoms with Crippen LogP contribution in [-0.2, 0) is 0 Å². The predicted molar refractivity (Wildman–Crippen MR) is 107 cm³/mol. The number of likely N-dealkylation sites (N-methyl/N-ethyl adjacent to an activating group) is 1. The fourth-order valence-electron chi connectivity index (χ4n) is 3.03. The van der Waals surface area contributed by atoms with Crippen molar-refractivity contribution in [1.82, 2.24) is 15.4 Å². The Bertz CT molecular complexity index is 922. The summed E-state index contributed by atoms with van der Waals surface area (Å²) in [5, 5.41) is 7.59. The number of hydrogen-bond acceptors (Lipinski definition) is 4. The third-order valence-corrected chi connectivity index (χ3v) is 4.81. The number of rotatable bonds is 6. The van der Waals surface area contributed by atoms with Crippen molar-refractivity contribution in [3.63, 3.8) is 0 Å². The van der Waals surface area contributed by atoms with E-state index < -0.39 is 0 Å². The summed E-state index contributed by atoms with van der Waals surface area (Å²) in [6.07, 6.45) is 0. The lowest BCUT2D eigenvalue weighted by atomic mass is 10.0. The molecule has 140 valence electrons. The van der Waals surface area contributed by atoms with E-state index in [4.69, 9.17) is 16.1 Å². The van der Waals surface area contributed by atoms with Gasteiger partial charge in [0.15, 0.2) is 0 Å². The van der Waals surface area contributed by atoms with Gasteiger partial charge >= 0.3 is 0 Å². The standard InChI is InChI=1S/C21H22ClN3O2/c1-14-19(20(24-27-14)16-11-7-8-12-17(16)22)21(26)23-13-18(25(2)3)15-9-5-4-6-10-15/h4-12,18H,13H2,1-3H3,(H,23,26). The Kier molecular flexibility index (Phi) is 5.94. The van der Waals surface area contributed by atoms with Crippen molar-refractivity contribution in [1.29, 1.82) is 0 Å². The lowest BCUT2D eigenvalue weighted by molar-refractivity contribution is 0.0941. The number of benzene rings is 2. The molecule has 1 heterocycles. The second kappa shape index (κ2) is 8.37. The number of nitrogens with zero attached hydrogens (tertiary/aromatic N) is 2. The first-order valence-electron chi connectivity index (χ1n) is 8.69. The number of halogens is 1. The van der Waals surface area contributed by atoms with Crippen molar-refractivity contribution in [3.05, 3.63) is 76.5 Å². The van der Waals surface area contributed by atoms with E-state index >= 15 is 0 Å². The van der Waals surface area contributed by atoms with E-state index in [9.17, 15) is 4.79 Å². The summed E-state index contributed by atoms with van der Waals surface area (Å²) < 4.78 is 5.29. The maximum absolute atomic E-state index is 12.9. The smallest absolute Gasteiger partial charge is 0.257 e. The molecule has 1 N–H and O–H groups in total. The largest absolute Gasteiger partial charge is 0.360 e. The molecule has 0 radical (unpaired) electrons. The van der Waals surface area contributed by atoms with Gasteiger partial charge in [-0.25, -0.2) is 0 Å². The van der Waals surface area contributed by atoms with Crippen LogP contribution >= 0.6 is 11.6 Å². The number of amides is 1. The molecule has 0 saturated carbocycles. The van der Waals surface area contributed by atoms with Crippen LogP contribution in [0.25, 0.3) is 11.3 Å². The highest BCUT2D eigenvalue weighted by Gasteiger charge is 2.24. The Morgan fingerprint density at radius 2 is 1.81 bits per heavy atom. The molecule has 1 amide bonds. The Morgan fingerprint density at radius 3 is 2.48 bits per heavy atom. The second-order valence-corrected chi connectivity index (χ2v) is 6.95. The van der Waals surface area contributed by atoms with Gasteiger partial charge in [-0.15, -0.1) is 0 Å². The van der Waals surface area contributed by atoms with Crippen LogP contribution in [-0.4, -0.2) is 36.6 Å². The third-order valence-electron chi connectivity index (χ3n) is 4.48. The number of aromatic nitrogens is 1. The van der Waals surface area contributed by atoms with Crippen LogP contribution in [0.5, 0.6) is 0 Å². The minimum atomic E-state index is -0.230. The van der Waals surface area contributed by atoms with Crippen molar-refractivity contribution in [3.8, 4) is 11.3 Å². The van der Waals surface area contributed by atoms with Gasteiger partial charge in [0.25, 0.3) is 5.91 Å². The van der Waals surface area contributed by atoms with Gasteiger partial charge in [0.05, 0.1) is 11.1 Å². The van der Waals surface area contributed by atoms with E-state index in [1.54, 1.807) is 13.0 Å². The molecule has 6 heteroatoms. The van der Waals surface area contributed by atoms with Crippen LogP contribution in [0.15, 0.2) is 59.1 Å². The van der Waals surface area contributed by atoms with Gasteiger partial charge in [-0.3, -0.25) is 4.79 Å². The first-order chi connectivity index (χ1) is 13.0. The van der Waals surface area contributed by atoms with Crippen LogP contribution in [0.4, 0.5) is 0 Å². The molecule has 0 bridgehead atoms. The highest BCUT2D eigenvalue weighted by atomic mass is 35.5. The first kappa shape index (κ1) is 19.1. The zero-order chi connectivity index (χ0) is 19.4. The molecule has 0 aliphatic carbocycles. The SMILES string of the molecule is Cc1onc(-c2ccccc2Cl)c1C(=O)NCC(c1ccccc1)N(C)C.